The molecule has 1 aliphatic carbocycles. The molecule has 0 spiro atoms. The molecule has 3 fully saturated rings. The molecule has 2 bridgehead atoms. The average Bonchev–Trinajstić information content (AvgIpc) is 3.20. The lowest BCUT2D eigenvalue weighted by molar-refractivity contribution is 0.00459. The summed E-state index contributed by atoms with van der Waals surface area (Å²) >= 11 is 0. The molecule has 0 radical (unpaired) electrons. The highest BCUT2D eigenvalue weighted by atomic mass is 16.6. The molecule has 1 N–H and O–H groups in total. The van der Waals surface area contributed by atoms with E-state index in [0.29, 0.717) is 18.1 Å². The fourth-order valence-corrected chi connectivity index (χ4v) is 4.14. The van der Waals surface area contributed by atoms with Gasteiger partial charge in [0.05, 0.1) is 0 Å². The van der Waals surface area contributed by atoms with Gasteiger partial charge in [0.2, 0.25) is 0 Å². The topological polar surface area (TPSA) is 41.6 Å². The number of rotatable bonds is 4. The third kappa shape index (κ3) is 3.76. The Labute approximate surface area is 135 Å². The summed E-state index contributed by atoms with van der Waals surface area (Å²) in [5.74, 6) is 1.77. The number of carbonyl (C=O) groups excluding carboxylic acids is 1. The van der Waals surface area contributed by atoms with Gasteiger partial charge in [-0.3, -0.25) is 0 Å². The van der Waals surface area contributed by atoms with Crippen molar-refractivity contribution < 1.29 is 9.53 Å². The van der Waals surface area contributed by atoms with E-state index < -0.39 is 5.60 Å². The number of piperidine rings is 1. The zero-order valence-electron chi connectivity index (χ0n) is 14.6. The number of hydrogen-bond acceptors (Lipinski definition) is 3. The maximum atomic E-state index is 12.4. The van der Waals surface area contributed by atoms with Crippen molar-refractivity contribution in [1.82, 2.24) is 10.2 Å². The molecule has 0 aromatic heterocycles. The zero-order chi connectivity index (χ0) is 15.9. The Bertz CT molecular complexity index is 400. The molecule has 0 aromatic rings. The molecule has 3 atom stereocenters. The van der Waals surface area contributed by atoms with Gasteiger partial charge in [-0.15, -0.1) is 0 Å². The van der Waals surface area contributed by atoms with Crippen molar-refractivity contribution in [2.75, 3.05) is 6.54 Å². The van der Waals surface area contributed by atoms with Crippen molar-refractivity contribution in [2.45, 2.75) is 89.9 Å². The van der Waals surface area contributed by atoms with E-state index >= 15 is 0 Å². The summed E-state index contributed by atoms with van der Waals surface area (Å²) in [6, 6.07) is 1.34. The van der Waals surface area contributed by atoms with Gasteiger partial charge in [0.15, 0.2) is 0 Å². The molecule has 1 saturated carbocycles. The maximum absolute atomic E-state index is 12.4. The van der Waals surface area contributed by atoms with Crippen molar-refractivity contribution in [2.24, 2.45) is 11.8 Å². The van der Waals surface area contributed by atoms with Gasteiger partial charge >= 0.3 is 6.09 Å². The Morgan fingerprint density at radius 3 is 2.27 bits per heavy atom. The molecule has 0 aromatic carbocycles. The minimum atomic E-state index is -0.398. The van der Waals surface area contributed by atoms with Gasteiger partial charge in [-0.25, -0.2) is 4.79 Å². The van der Waals surface area contributed by atoms with Crippen LogP contribution in [0, 0.1) is 11.8 Å². The number of carbonyl (C=O) groups is 1. The summed E-state index contributed by atoms with van der Waals surface area (Å²) in [6.45, 7) is 9.34. The predicted octanol–water partition coefficient (Wildman–Crippen LogP) is 3.55. The quantitative estimate of drug-likeness (QED) is 0.863. The van der Waals surface area contributed by atoms with Crippen LogP contribution >= 0.6 is 0 Å². The Kier molecular flexibility index (Phi) is 4.41. The van der Waals surface area contributed by atoms with E-state index in [-0.39, 0.29) is 6.09 Å². The Hall–Kier alpha value is -0.770. The summed E-state index contributed by atoms with van der Waals surface area (Å²) in [7, 11) is 0. The molecule has 2 saturated heterocycles. The monoisotopic (exact) mass is 308 g/mol. The van der Waals surface area contributed by atoms with Crippen molar-refractivity contribution >= 4 is 6.09 Å². The smallest absolute Gasteiger partial charge is 0.410 e. The first kappa shape index (κ1) is 16.1. The Morgan fingerprint density at radius 1 is 1.18 bits per heavy atom. The zero-order valence-corrected chi connectivity index (χ0v) is 14.6. The van der Waals surface area contributed by atoms with Crippen LogP contribution in [0.15, 0.2) is 0 Å². The SMILES string of the molecule is CC(CNC1CC2CCC(C1)N2C(=O)OC(C)(C)C)C1CC1. The summed E-state index contributed by atoms with van der Waals surface area (Å²) in [5, 5.41) is 3.77. The predicted molar refractivity (Wildman–Crippen MR) is 87.8 cm³/mol. The standard InChI is InChI=1S/C18H32N2O2/c1-12(13-5-6-13)11-19-14-9-15-7-8-16(10-14)20(15)17(21)22-18(2,3)4/h12-16,19H,5-11H2,1-4H3. The lowest BCUT2D eigenvalue weighted by Crippen LogP contribution is -2.53. The highest BCUT2D eigenvalue weighted by molar-refractivity contribution is 5.69. The van der Waals surface area contributed by atoms with Crippen LogP contribution in [0.2, 0.25) is 0 Å². The maximum Gasteiger partial charge on any atom is 0.410 e. The summed E-state index contributed by atoms with van der Waals surface area (Å²) in [4.78, 5) is 14.5. The third-order valence-corrected chi connectivity index (χ3v) is 5.49. The molecule has 2 aliphatic heterocycles. The van der Waals surface area contributed by atoms with E-state index in [9.17, 15) is 4.79 Å². The number of nitrogens with one attached hydrogen (secondary N) is 1. The van der Waals surface area contributed by atoms with Crippen LogP contribution in [0.4, 0.5) is 4.79 Å². The second-order valence-corrected chi connectivity index (χ2v) is 8.66. The molecule has 3 unspecified atom stereocenters. The van der Waals surface area contributed by atoms with Crippen molar-refractivity contribution in [3.63, 3.8) is 0 Å². The minimum absolute atomic E-state index is 0.107. The van der Waals surface area contributed by atoms with Crippen molar-refractivity contribution in [1.29, 1.82) is 0 Å². The van der Waals surface area contributed by atoms with Gasteiger partial charge < -0.3 is 15.0 Å². The molecule has 4 nitrogen and oxygen atoms in total. The van der Waals surface area contributed by atoms with Crippen LogP contribution in [-0.4, -0.2) is 41.3 Å². The van der Waals surface area contributed by atoms with Crippen LogP contribution in [0.5, 0.6) is 0 Å². The molecule has 1 amide bonds. The lowest BCUT2D eigenvalue weighted by Gasteiger charge is -2.40. The van der Waals surface area contributed by atoms with Gasteiger partial charge in [-0.05, 0) is 77.7 Å². The number of amides is 1. The van der Waals surface area contributed by atoms with Gasteiger partial charge in [0, 0.05) is 18.1 Å². The van der Waals surface area contributed by atoms with Gasteiger partial charge in [0.25, 0.3) is 0 Å². The Balaban J connectivity index is 1.51. The van der Waals surface area contributed by atoms with E-state index in [4.69, 9.17) is 4.74 Å². The van der Waals surface area contributed by atoms with E-state index in [1.54, 1.807) is 0 Å². The van der Waals surface area contributed by atoms with E-state index in [1.807, 2.05) is 25.7 Å². The van der Waals surface area contributed by atoms with Crippen molar-refractivity contribution in [3.05, 3.63) is 0 Å². The summed E-state index contributed by atoms with van der Waals surface area (Å²) < 4.78 is 5.60. The fraction of sp³-hybridized carbons (Fsp3) is 0.944. The van der Waals surface area contributed by atoms with E-state index in [1.165, 1.54) is 12.8 Å². The summed E-state index contributed by atoms with van der Waals surface area (Å²) in [5.41, 5.74) is -0.398. The van der Waals surface area contributed by atoms with Crippen LogP contribution in [0.25, 0.3) is 0 Å². The van der Waals surface area contributed by atoms with Crippen molar-refractivity contribution in [3.8, 4) is 0 Å². The first-order valence-electron chi connectivity index (χ1n) is 9.08. The number of nitrogens with zero attached hydrogens (tertiary/aromatic N) is 1. The van der Waals surface area contributed by atoms with Gasteiger partial charge in [-0.1, -0.05) is 6.92 Å². The molecule has 2 heterocycles. The molecule has 4 heteroatoms. The molecular formula is C18H32N2O2. The van der Waals surface area contributed by atoms with Crippen LogP contribution in [0.3, 0.4) is 0 Å². The molecule has 3 aliphatic rings. The molecule has 3 rings (SSSR count). The largest absolute Gasteiger partial charge is 0.444 e. The highest BCUT2D eigenvalue weighted by Crippen LogP contribution is 2.38. The Morgan fingerprint density at radius 2 is 1.77 bits per heavy atom. The molecule has 22 heavy (non-hydrogen) atoms. The number of ether oxygens (including phenoxy) is 1. The highest BCUT2D eigenvalue weighted by Gasteiger charge is 2.44. The number of fused-ring (bicyclic) bond motifs is 2. The van der Waals surface area contributed by atoms with Gasteiger partial charge in [-0.2, -0.15) is 0 Å². The number of hydrogen-bond donors (Lipinski definition) is 1. The van der Waals surface area contributed by atoms with Crippen LogP contribution in [0.1, 0.15) is 66.2 Å². The van der Waals surface area contributed by atoms with Crippen LogP contribution < -0.4 is 5.32 Å². The summed E-state index contributed by atoms with van der Waals surface area (Å²) in [6.07, 6.45) is 7.20. The normalized spacial score (nSPS) is 32.9. The third-order valence-electron chi connectivity index (χ3n) is 5.49. The molecule has 126 valence electrons. The second kappa shape index (κ2) is 6.03. The van der Waals surface area contributed by atoms with E-state index in [2.05, 4.69) is 12.2 Å². The minimum Gasteiger partial charge on any atom is -0.444 e. The van der Waals surface area contributed by atoms with E-state index in [0.717, 1.165) is 44.1 Å². The molecular weight excluding hydrogens is 276 g/mol. The van der Waals surface area contributed by atoms with Gasteiger partial charge in [0.1, 0.15) is 5.60 Å². The fourth-order valence-electron chi connectivity index (χ4n) is 4.14. The second-order valence-electron chi connectivity index (χ2n) is 8.66. The first-order chi connectivity index (χ1) is 10.3. The van der Waals surface area contributed by atoms with Crippen LogP contribution in [-0.2, 0) is 4.74 Å². The lowest BCUT2D eigenvalue weighted by atomic mass is 9.96. The first-order valence-corrected chi connectivity index (χ1v) is 9.08. The average molecular weight is 308 g/mol.